The van der Waals surface area contributed by atoms with Crippen LogP contribution in [-0.2, 0) is 6.18 Å². The first kappa shape index (κ1) is 19.4. The van der Waals surface area contributed by atoms with Gasteiger partial charge in [0.05, 0.1) is 41.2 Å². The van der Waals surface area contributed by atoms with Gasteiger partial charge < -0.3 is 0 Å². The van der Waals surface area contributed by atoms with Gasteiger partial charge in [0.2, 0.25) is 0 Å². The molecule has 0 fully saturated rings. The zero-order chi connectivity index (χ0) is 18.4. The fourth-order valence-corrected chi connectivity index (χ4v) is 3.25. The molecule has 0 bridgehead atoms. The Kier molecular flexibility index (Phi) is 5.47. The minimum absolute atomic E-state index is 0.174. The van der Waals surface area contributed by atoms with Crippen LogP contribution in [0.5, 0.6) is 0 Å². The first-order valence-electron chi connectivity index (χ1n) is 5.84. The number of nitrogens with zero attached hydrogens (tertiary/aromatic N) is 1. The Morgan fingerprint density at radius 1 is 0.875 bits per heavy atom. The van der Waals surface area contributed by atoms with Gasteiger partial charge in [0.25, 0.3) is 5.69 Å². The van der Waals surface area contributed by atoms with Crippen LogP contribution in [0.15, 0.2) is 18.2 Å². The second kappa shape index (κ2) is 6.77. The molecule has 0 saturated carbocycles. The summed E-state index contributed by atoms with van der Waals surface area (Å²) in [4.78, 5) is 10.2. The molecule has 0 aromatic heterocycles. The van der Waals surface area contributed by atoms with E-state index >= 15 is 0 Å². The van der Waals surface area contributed by atoms with E-state index in [9.17, 15) is 23.3 Å². The van der Waals surface area contributed by atoms with E-state index in [0.717, 1.165) is 6.07 Å². The van der Waals surface area contributed by atoms with Crippen LogP contribution < -0.4 is 0 Å². The van der Waals surface area contributed by atoms with Crippen LogP contribution in [0, 0.1) is 10.1 Å². The van der Waals surface area contributed by atoms with Gasteiger partial charge in [-0.3, -0.25) is 10.1 Å². The molecule has 0 radical (unpaired) electrons. The quantitative estimate of drug-likeness (QED) is 0.210. The van der Waals surface area contributed by atoms with Crippen LogP contribution in [0.25, 0.3) is 11.1 Å². The zero-order valence-corrected chi connectivity index (χ0v) is 14.8. The van der Waals surface area contributed by atoms with E-state index in [1.165, 1.54) is 0 Å². The molecule has 2 aromatic rings. The highest BCUT2D eigenvalue weighted by Gasteiger charge is 2.34. The number of nitro groups is 1. The minimum atomic E-state index is -4.76. The normalized spacial score (nSPS) is 11.7. The summed E-state index contributed by atoms with van der Waals surface area (Å²) in [5.41, 5.74) is -2.51. The molecule has 0 unspecified atom stereocenters. The highest BCUT2D eigenvalue weighted by atomic mass is 35.5. The average molecular weight is 439 g/mol. The summed E-state index contributed by atoms with van der Waals surface area (Å²) in [6, 6.07) is 1.90. The Hall–Kier alpha value is -0.920. The third-order valence-electron chi connectivity index (χ3n) is 3.00. The number of hydrogen-bond acceptors (Lipinski definition) is 2. The van der Waals surface area contributed by atoms with Crippen molar-refractivity contribution in [2.24, 2.45) is 0 Å². The van der Waals surface area contributed by atoms with E-state index in [2.05, 4.69) is 0 Å². The second-order valence-corrected chi connectivity index (χ2v) is 6.32. The fourth-order valence-electron chi connectivity index (χ4n) is 1.91. The third kappa shape index (κ3) is 3.39. The average Bonchev–Trinajstić information content (AvgIpc) is 2.50. The van der Waals surface area contributed by atoms with E-state index in [1.54, 1.807) is 0 Å². The number of rotatable bonds is 2. The second-order valence-electron chi connectivity index (χ2n) is 4.43. The summed E-state index contributed by atoms with van der Waals surface area (Å²) in [6.45, 7) is 0. The molecular formula is C13H3Cl5F3NO2. The van der Waals surface area contributed by atoms with E-state index in [4.69, 9.17) is 58.0 Å². The molecule has 2 rings (SSSR count). The molecule has 0 amide bonds. The van der Waals surface area contributed by atoms with Crippen molar-refractivity contribution in [3.05, 3.63) is 59.0 Å². The van der Waals surface area contributed by atoms with Crippen molar-refractivity contribution in [1.82, 2.24) is 0 Å². The lowest BCUT2D eigenvalue weighted by atomic mass is 10.0. The van der Waals surface area contributed by atoms with Gasteiger partial charge in [-0.05, 0) is 12.1 Å². The van der Waals surface area contributed by atoms with Gasteiger partial charge in [0.15, 0.2) is 0 Å². The van der Waals surface area contributed by atoms with Crippen molar-refractivity contribution in [2.45, 2.75) is 6.18 Å². The molecule has 0 heterocycles. The molecule has 0 N–H and O–H groups in total. The zero-order valence-electron chi connectivity index (χ0n) is 11.0. The van der Waals surface area contributed by atoms with Crippen LogP contribution in [0.2, 0.25) is 25.1 Å². The number of nitro benzene ring substituents is 1. The third-order valence-corrected chi connectivity index (χ3v) is 5.28. The van der Waals surface area contributed by atoms with Crippen LogP contribution in [0.4, 0.5) is 18.9 Å². The highest BCUT2D eigenvalue weighted by molar-refractivity contribution is 6.56. The van der Waals surface area contributed by atoms with Crippen LogP contribution in [0.1, 0.15) is 5.56 Å². The smallest absolute Gasteiger partial charge is 0.258 e. The Morgan fingerprint density at radius 2 is 1.33 bits per heavy atom. The van der Waals surface area contributed by atoms with Crippen molar-refractivity contribution in [3.8, 4) is 11.1 Å². The Balaban J connectivity index is 2.86. The fraction of sp³-hybridized carbons (Fsp3) is 0.0769. The summed E-state index contributed by atoms with van der Waals surface area (Å²) in [6.07, 6.45) is -4.76. The first-order chi connectivity index (χ1) is 11.0. The lowest BCUT2D eigenvalue weighted by Gasteiger charge is -2.14. The molecule has 0 saturated heterocycles. The van der Waals surface area contributed by atoms with E-state index in [0.29, 0.717) is 12.1 Å². The van der Waals surface area contributed by atoms with Gasteiger partial charge in [-0.15, -0.1) is 0 Å². The van der Waals surface area contributed by atoms with Crippen molar-refractivity contribution >= 4 is 63.7 Å². The Labute approximate surface area is 158 Å². The Bertz CT molecular complexity index is 825. The monoisotopic (exact) mass is 437 g/mol. The summed E-state index contributed by atoms with van der Waals surface area (Å²) in [5, 5.41) is 10.0. The molecule has 3 nitrogen and oxygen atoms in total. The van der Waals surface area contributed by atoms with Gasteiger partial charge in [-0.25, -0.2) is 0 Å². The first-order valence-corrected chi connectivity index (χ1v) is 7.73. The topological polar surface area (TPSA) is 43.1 Å². The van der Waals surface area contributed by atoms with E-state index in [1.807, 2.05) is 0 Å². The predicted octanol–water partition coefficient (Wildman–Crippen LogP) is 7.55. The maximum Gasteiger partial charge on any atom is 0.416 e. The molecule has 0 aliphatic heterocycles. The van der Waals surface area contributed by atoms with Crippen LogP contribution in [0.3, 0.4) is 0 Å². The van der Waals surface area contributed by atoms with Crippen molar-refractivity contribution in [3.63, 3.8) is 0 Å². The van der Waals surface area contributed by atoms with Crippen LogP contribution in [-0.4, -0.2) is 4.92 Å². The van der Waals surface area contributed by atoms with Gasteiger partial charge >= 0.3 is 6.18 Å². The summed E-state index contributed by atoms with van der Waals surface area (Å²) < 4.78 is 38.3. The molecule has 128 valence electrons. The maximum atomic E-state index is 12.8. The molecule has 0 atom stereocenters. The van der Waals surface area contributed by atoms with Gasteiger partial charge in [0.1, 0.15) is 0 Å². The van der Waals surface area contributed by atoms with Crippen molar-refractivity contribution in [2.75, 3.05) is 0 Å². The van der Waals surface area contributed by atoms with E-state index in [-0.39, 0.29) is 36.2 Å². The predicted molar refractivity (Wildman–Crippen MR) is 88.6 cm³/mol. The largest absolute Gasteiger partial charge is 0.416 e. The summed E-state index contributed by atoms with van der Waals surface area (Å²) in [7, 11) is 0. The lowest BCUT2D eigenvalue weighted by molar-refractivity contribution is -0.384. The maximum absolute atomic E-state index is 12.8. The molecule has 24 heavy (non-hydrogen) atoms. The number of alkyl halides is 3. The molecule has 0 aliphatic carbocycles. The molecule has 0 spiro atoms. The van der Waals surface area contributed by atoms with Gasteiger partial charge in [-0.2, -0.15) is 13.2 Å². The van der Waals surface area contributed by atoms with E-state index < -0.39 is 22.4 Å². The highest BCUT2D eigenvalue weighted by Crippen LogP contribution is 2.50. The van der Waals surface area contributed by atoms with Gasteiger partial charge in [-0.1, -0.05) is 58.0 Å². The number of hydrogen-bond donors (Lipinski definition) is 0. The van der Waals surface area contributed by atoms with Crippen molar-refractivity contribution < 1.29 is 18.1 Å². The molecule has 11 heteroatoms. The van der Waals surface area contributed by atoms with Gasteiger partial charge in [0, 0.05) is 11.6 Å². The standard InChI is InChI=1S/C13H3Cl5F3NO2/c14-8-7(9(15)11(17)12(18)10(8)16)5-2-1-4(13(19,20)21)3-6(5)22(23)24/h1-3H. The molecule has 2 aromatic carbocycles. The SMILES string of the molecule is O=[N+]([O-])c1cc(C(F)(F)F)ccc1-c1c(Cl)c(Cl)c(Cl)c(Cl)c1Cl. The number of benzene rings is 2. The minimum Gasteiger partial charge on any atom is -0.258 e. The molecule has 0 aliphatic rings. The van der Waals surface area contributed by atoms with Crippen LogP contribution >= 0.6 is 58.0 Å². The molecular weight excluding hydrogens is 436 g/mol. The summed E-state index contributed by atoms with van der Waals surface area (Å²) >= 11 is 29.6. The number of halogens is 8. The Morgan fingerprint density at radius 3 is 1.75 bits per heavy atom. The van der Waals surface area contributed by atoms with Crippen molar-refractivity contribution in [1.29, 1.82) is 0 Å². The summed E-state index contributed by atoms with van der Waals surface area (Å²) in [5.74, 6) is 0. The lowest BCUT2D eigenvalue weighted by Crippen LogP contribution is -2.06.